The Labute approximate surface area is 224 Å². The molecule has 2 aliphatic heterocycles. The zero-order valence-corrected chi connectivity index (χ0v) is 23.8. The first-order chi connectivity index (χ1) is 18.3. The number of esters is 1. The summed E-state index contributed by atoms with van der Waals surface area (Å²) < 4.78 is 46.1. The van der Waals surface area contributed by atoms with Crippen molar-refractivity contribution in [2.75, 3.05) is 48.1 Å². The van der Waals surface area contributed by atoms with E-state index < -0.39 is 20.1 Å². The summed E-state index contributed by atoms with van der Waals surface area (Å²) >= 11 is 0. The summed E-state index contributed by atoms with van der Waals surface area (Å²) in [6.45, 7) is 8.13. The highest BCUT2D eigenvalue weighted by atomic mass is 28.3. The lowest BCUT2D eigenvalue weighted by Gasteiger charge is -2.39. The Bertz CT molecular complexity index is 1170. The van der Waals surface area contributed by atoms with Crippen LogP contribution in [0.5, 0.6) is 28.7 Å². The van der Waals surface area contributed by atoms with E-state index in [2.05, 4.69) is 19.6 Å². The number of methoxy groups -OCH3 is 3. The molecule has 0 spiro atoms. The van der Waals surface area contributed by atoms with Crippen LogP contribution in [0.3, 0.4) is 0 Å². The monoisotopic (exact) mass is 544 g/mol. The Hall–Kier alpha value is -2.95. The Morgan fingerprint density at radius 3 is 2.16 bits per heavy atom. The van der Waals surface area contributed by atoms with Crippen LogP contribution in [0.2, 0.25) is 25.7 Å². The molecular weight excluding hydrogens is 508 g/mol. The van der Waals surface area contributed by atoms with Gasteiger partial charge in [0, 0.05) is 26.5 Å². The topological polar surface area (TPSA) is 90.9 Å². The second kappa shape index (κ2) is 10.7. The lowest BCUT2D eigenvalue weighted by Crippen LogP contribution is -2.36. The maximum atomic E-state index is 13.3. The van der Waals surface area contributed by atoms with Crippen LogP contribution in [0.4, 0.5) is 0 Å². The Balaban J connectivity index is 1.56. The summed E-state index contributed by atoms with van der Waals surface area (Å²) in [5, 5.41) is 0. The van der Waals surface area contributed by atoms with E-state index in [1.54, 1.807) is 21.3 Å². The molecule has 0 N–H and O–H groups in total. The summed E-state index contributed by atoms with van der Waals surface area (Å²) in [4.78, 5) is 13.3. The number of carbonyl (C=O) groups is 1. The van der Waals surface area contributed by atoms with Crippen LogP contribution in [0.1, 0.15) is 28.7 Å². The molecule has 5 rings (SSSR count). The van der Waals surface area contributed by atoms with Crippen molar-refractivity contribution in [2.45, 2.75) is 37.7 Å². The van der Waals surface area contributed by atoms with Gasteiger partial charge in [0.1, 0.15) is 6.79 Å². The van der Waals surface area contributed by atoms with Crippen molar-refractivity contribution in [3.05, 3.63) is 41.0 Å². The number of rotatable bonds is 10. The van der Waals surface area contributed by atoms with Gasteiger partial charge in [0.2, 0.25) is 12.5 Å². The molecule has 2 heterocycles. The van der Waals surface area contributed by atoms with Crippen molar-refractivity contribution in [3.63, 3.8) is 0 Å². The van der Waals surface area contributed by atoms with E-state index in [4.69, 9.17) is 37.9 Å². The second-order valence-electron chi connectivity index (χ2n) is 11.0. The highest BCUT2D eigenvalue weighted by molar-refractivity contribution is 6.76. The average Bonchev–Trinajstić information content (AvgIpc) is 3.51. The van der Waals surface area contributed by atoms with E-state index in [1.165, 1.54) is 0 Å². The molecule has 1 aliphatic carbocycles. The van der Waals surface area contributed by atoms with Crippen LogP contribution in [0, 0.1) is 11.8 Å². The SMILES string of the molecule is COc1cc([C@@H]2c3cc4c(cc3[C@H](OCOCC[Si](C)(C)C)[C@H]3COC(=O)[C@H]23)OCO4)cc(OC)c1OC. The average molecular weight is 545 g/mol. The van der Waals surface area contributed by atoms with E-state index in [9.17, 15) is 4.79 Å². The fraction of sp³-hybridized carbons (Fsp3) is 0.536. The molecule has 2 aromatic carbocycles. The van der Waals surface area contributed by atoms with Crippen LogP contribution < -0.4 is 23.7 Å². The van der Waals surface area contributed by atoms with Crippen LogP contribution >= 0.6 is 0 Å². The van der Waals surface area contributed by atoms with Crippen molar-refractivity contribution < 1.29 is 42.7 Å². The van der Waals surface area contributed by atoms with Gasteiger partial charge in [0.05, 0.1) is 40.0 Å². The minimum atomic E-state index is -1.22. The van der Waals surface area contributed by atoms with Gasteiger partial charge in [-0.15, -0.1) is 0 Å². The maximum Gasteiger partial charge on any atom is 0.310 e. The molecule has 3 aliphatic rings. The summed E-state index contributed by atoms with van der Waals surface area (Å²) in [5.41, 5.74) is 2.69. The minimum Gasteiger partial charge on any atom is -0.493 e. The van der Waals surface area contributed by atoms with Gasteiger partial charge in [-0.2, -0.15) is 0 Å². The second-order valence-corrected chi connectivity index (χ2v) is 16.6. The molecule has 9 nitrogen and oxygen atoms in total. The van der Waals surface area contributed by atoms with Crippen molar-refractivity contribution >= 4 is 14.0 Å². The first-order valence-electron chi connectivity index (χ1n) is 12.8. The Morgan fingerprint density at radius 2 is 1.55 bits per heavy atom. The zero-order chi connectivity index (χ0) is 27.0. The smallest absolute Gasteiger partial charge is 0.310 e. The molecule has 0 unspecified atom stereocenters. The maximum absolute atomic E-state index is 13.3. The predicted molar refractivity (Wildman–Crippen MR) is 141 cm³/mol. The van der Waals surface area contributed by atoms with Gasteiger partial charge in [-0.1, -0.05) is 19.6 Å². The van der Waals surface area contributed by atoms with Crippen molar-refractivity contribution in [1.29, 1.82) is 0 Å². The molecule has 206 valence electrons. The first-order valence-corrected chi connectivity index (χ1v) is 16.6. The molecule has 4 atom stereocenters. The third-order valence-electron chi connectivity index (χ3n) is 7.49. The van der Waals surface area contributed by atoms with E-state index in [0.29, 0.717) is 35.4 Å². The van der Waals surface area contributed by atoms with Crippen LogP contribution in [0.15, 0.2) is 24.3 Å². The number of cyclic esters (lactones) is 1. The molecule has 0 radical (unpaired) electrons. The molecular formula is C28H36O9Si. The molecule has 0 amide bonds. The third-order valence-corrected chi connectivity index (χ3v) is 9.20. The molecule has 0 aromatic heterocycles. The van der Waals surface area contributed by atoms with Gasteiger partial charge in [-0.3, -0.25) is 4.79 Å². The number of hydrogen-bond acceptors (Lipinski definition) is 9. The largest absolute Gasteiger partial charge is 0.493 e. The lowest BCUT2D eigenvalue weighted by atomic mass is 9.66. The van der Waals surface area contributed by atoms with Gasteiger partial charge in [0.15, 0.2) is 23.0 Å². The van der Waals surface area contributed by atoms with Gasteiger partial charge in [-0.05, 0) is 47.0 Å². The molecule has 10 heteroatoms. The summed E-state index contributed by atoms with van der Waals surface area (Å²) in [6, 6.07) is 8.75. The summed E-state index contributed by atoms with van der Waals surface area (Å²) in [6.07, 6.45) is -0.402. The number of ether oxygens (including phenoxy) is 8. The van der Waals surface area contributed by atoms with Gasteiger partial charge < -0.3 is 37.9 Å². The molecule has 0 bridgehead atoms. The van der Waals surface area contributed by atoms with Crippen molar-refractivity contribution in [2.24, 2.45) is 11.8 Å². The highest BCUT2D eigenvalue weighted by Gasteiger charge is 2.53. The number of hydrogen-bond donors (Lipinski definition) is 0. The Morgan fingerprint density at radius 1 is 0.895 bits per heavy atom. The predicted octanol–water partition coefficient (Wildman–Crippen LogP) is 4.75. The van der Waals surface area contributed by atoms with E-state index >= 15 is 0 Å². The van der Waals surface area contributed by atoms with Crippen LogP contribution in [0.25, 0.3) is 0 Å². The van der Waals surface area contributed by atoms with Crippen LogP contribution in [-0.4, -0.2) is 62.2 Å². The number of fused-ring (bicyclic) bond motifs is 3. The quantitative estimate of drug-likeness (QED) is 0.182. The summed E-state index contributed by atoms with van der Waals surface area (Å²) in [7, 11) is 3.50. The van der Waals surface area contributed by atoms with Crippen molar-refractivity contribution in [1.82, 2.24) is 0 Å². The van der Waals surface area contributed by atoms with Crippen LogP contribution in [-0.2, 0) is 19.0 Å². The van der Waals surface area contributed by atoms with Crippen molar-refractivity contribution in [3.8, 4) is 28.7 Å². The van der Waals surface area contributed by atoms with Gasteiger partial charge in [0.25, 0.3) is 0 Å². The lowest BCUT2D eigenvalue weighted by molar-refractivity contribution is -0.142. The summed E-state index contributed by atoms with van der Waals surface area (Å²) in [5.74, 6) is 1.52. The van der Waals surface area contributed by atoms with E-state index in [0.717, 1.165) is 22.7 Å². The Kier molecular flexibility index (Phi) is 7.48. The standard InChI is InChI=1S/C28H36O9Si/c1-30-22-9-16(10-23(31-2)27(22)32-3)24-17-11-20-21(36-15-35-20)12-18(17)26(19-13-34-28(29)25(19)24)37-14-33-7-8-38(4,5)6/h9-12,19,24-26H,7-8,13-15H2,1-6H3/t19-,24+,25-,26-/m0/s1. The number of benzene rings is 2. The number of carbonyl (C=O) groups excluding carboxylic acids is 1. The third kappa shape index (κ3) is 4.92. The van der Waals surface area contributed by atoms with E-state index in [-0.39, 0.29) is 38.0 Å². The molecule has 2 aromatic rings. The zero-order valence-electron chi connectivity index (χ0n) is 22.8. The molecule has 1 saturated heterocycles. The first kappa shape index (κ1) is 26.6. The van der Waals surface area contributed by atoms with E-state index in [1.807, 2.05) is 24.3 Å². The highest BCUT2D eigenvalue weighted by Crippen LogP contribution is 2.56. The molecule has 1 fully saturated rings. The molecule has 0 saturated carbocycles. The fourth-order valence-electron chi connectivity index (χ4n) is 5.57. The molecule has 38 heavy (non-hydrogen) atoms. The van der Waals surface area contributed by atoms with Gasteiger partial charge >= 0.3 is 5.97 Å². The fourth-order valence-corrected chi connectivity index (χ4v) is 6.32. The minimum absolute atomic E-state index is 0.134. The normalized spacial score (nSPS) is 23.5. The van der Waals surface area contributed by atoms with Gasteiger partial charge in [-0.25, -0.2) is 0 Å².